The van der Waals surface area contributed by atoms with Crippen molar-refractivity contribution >= 4 is 17.9 Å². The van der Waals surface area contributed by atoms with Crippen molar-refractivity contribution in [3.05, 3.63) is 60.2 Å². The summed E-state index contributed by atoms with van der Waals surface area (Å²) in [7, 11) is 1.65. The highest BCUT2D eigenvalue weighted by molar-refractivity contribution is 7.97. The number of ether oxygens (including phenoxy) is 1. The van der Waals surface area contributed by atoms with Crippen molar-refractivity contribution in [1.29, 1.82) is 0 Å². The molecule has 3 N–H and O–H groups in total. The molecular weight excluding hydrogens is 448 g/mol. The molecular formula is C27H40N2O4S. The third-order valence-electron chi connectivity index (χ3n) is 5.69. The van der Waals surface area contributed by atoms with Crippen LogP contribution in [0.1, 0.15) is 45.6 Å². The van der Waals surface area contributed by atoms with Gasteiger partial charge < -0.3 is 20.3 Å². The number of amides is 1. The Bertz CT molecular complexity index is 832. The van der Waals surface area contributed by atoms with Crippen LogP contribution in [-0.2, 0) is 11.2 Å². The molecule has 2 aromatic carbocycles. The van der Waals surface area contributed by atoms with Gasteiger partial charge in [-0.3, -0.25) is 4.79 Å². The molecule has 0 heterocycles. The van der Waals surface area contributed by atoms with Crippen LogP contribution in [0.4, 0.5) is 0 Å². The number of nitrogens with one attached hydrogen (secondary N) is 1. The Hall–Kier alpha value is -2.06. The molecule has 0 bridgehead atoms. The van der Waals surface area contributed by atoms with E-state index in [-0.39, 0.29) is 5.92 Å². The maximum atomic E-state index is 12.6. The van der Waals surface area contributed by atoms with E-state index in [2.05, 4.69) is 16.5 Å². The summed E-state index contributed by atoms with van der Waals surface area (Å²) < 4.78 is 7.41. The van der Waals surface area contributed by atoms with Gasteiger partial charge in [0.05, 0.1) is 19.3 Å². The molecule has 6 nitrogen and oxygen atoms in total. The average Bonchev–Trinajstić information content (AvgIpc) is 2.84. The van der Waals surface area contributed by atoms with E-state index in [1.54, 1.807) is 32.9 Å². The molecule has 7 heteroatoms. The molecule has 3 atom stereocenters. The Labute approximate surface area is 208 Å². The van der Waals surface area contributed by atoms with Crippen molar-refractivity contribution in [2.75, 3.05) is 20.2 Å². The molecule has 2 rings (SSSR count). The van der Waals surface area contributed by atoms with Crippen LogP contribution in [-0.4, -0.2) is 58.9 Å². The Morgan fingerprint density at radius 1 is 1.06 bits per heavy atom. The van der Waals surface area contributed by atoms with Crippen molar-refractivity contribution in [2.24, 2.45) is 5.92 Å². The highest BCUT2D eigenvalue weighted by Gasteiger charge is 2.28. The molecule has 0 aliphatic rings. The predicted octanol–water partition coefficient (Wildman–Crippen LogP) is 4.30. The summed E-state index contributed by atoms with van der Waals surface area (Å²) in [5.74, 6) is 0.150. The lowest BCUT2D eigenvalue weighted by atomic mass is 9.99. The van der Waals surface area contributed by atoms with Crippen LogP contribution in [0.5, 0.6) is 5.75 Å². The van der Waals surface area contributed by atoms with Gasteiger partial charge in [0.15, 0.2) is 0 Å². The predicted molar refractivity (Wildman–Crippen MR) is 139 cm³/mol. The minimum Gasteiger partial charge on any atom is -0.497 e. The number of rotatable bonds is 15. The van der Waals surface area contributed by atoms with Gasteiger partial charge >= 0.3 is 0 Å². The van der Waals surface area contributed by atoms with Gasteiger partial charge in [0.1, 0.15) is 11.9 Å². The van der Waals surface area contributed by atoms with Gasteiger partial charge in [0.25, 0.3) is 0 Å². The van der Waals surface area contributed by atoms with Gasteiger partial charge in [-0.05, 0) is 60.5 Å². The Kier molecular flexibility index (Phi) is 12.5. The Morgan fingerprint density at radius 2 is 1.74 bits per heavy atom. The zero-order chi connectivity index (χ0) is 24.9. The summed E-state index contributed by atoms with van der Waals surface area (Å²) in [6.45, 7) is 6.97. The van der Waals surface area contributed by atoms with Crippen molar-refractivity contribution in [3.63, 3.8) is 0 Å². The number of benzene rings is 2. The van der Waals surface area contributed by atoms with E-state index in [1.807, 2.05) is 54.6 Å². The van der Waals surface area contributed by atoms with Gasteiger partial charge in [0, 0.05) is 18.0 Å². The van der Waals surface area contributed by atoms with Gasteiger partial charge in [-0.25, -0.2) is 4.31 Å². The van der Waals surface area contributed by atoms with E-state index in [0.717, 1.165) is 42.0 Å². The van der Waals surface area contributed by atoms with Crippen molar-refractivity contribution in [3.8, 4) is 5.75 Å². The molecule has 3 unspecified atom stereocenters. The van der Waals surface area contributed by atoms with E-state index in [1.165, 1.54) is 0 Å². The molecule has 188 valence electrons. The van der Waals surface area contributed by atoms with Crippen LogP contribution in [0.3, 0.4) is 0 Å². The molecule has 2 aromatic rings. The largest absolute Gasteiger partial charge is 0.497 e. The van der Waals surface area contributed by atoms with Crippen LogP contribution in [0.25, 0.3) is 0 Å². The summed E-state index contributed by atoms with van der Waals surface area (Å²) in [6.07, 6.45) is 1.81. The van der Waals surface area contributed by atoms with E-state index >= 15 is 0 Å². The zero-order valence-corrected chi connectivity index (χ0v) is 21.6. The first-order chi connectivity index (χ1) is 16.3. The summed E-state index contributed by atoms with van der Waals surface area (Å²) in [5.41, 5.74) is 1.02. The number of carbonyl (C=O) groups is 1. The lowest BCUT2D eigenvalue weighted by Gasteiger charge is -2.30. The molecule has 1 amide bonds. The van der Waals surface area contributed by atoms with Gasteiger partial charge in [0.2, 0.25) is 5.91 Å². The van der Waals surface area contributed by atoms with Crippen molar-refractivity contribution < 1.29 is 19.7 Å². The second-order valence-electron chi connectivity index (χ2n) is 8.92. The summed E-state index contributed by atoms with van der Waals surface area (Å²) in [5, 5.41) is 24.4. The fraction of sp³-hybridized carbons (Fsp3) is 0.519. The molecule has 0 spiro atoms. The van der Waals surface area contributed by atoms with Gasteiger partial charge in [-0.1, -0.05) is 63.9 Å². The summed E-state index contributed by atoms with van der Waals surface area (Å²) in [6, 6.07) is 17.1. The molecule has 34 heavy (non-hydrogen) atoms. The topological polar surface area (TPSA) is 82.0 Å². The fourth-order valence-corrected chi connectivity index (χ4v) is 4.56. The van der Waals surface area contributed by atoms with E-state index in [4.69, 9.17) is 4.74 Å². The number of carbonyl (C=O) groups excluding carboxylic acids is 1. The maximum Gasteiger partial charge on any atom is 0.249 e. The van der Waals surface area contributed by atoms with Crippen LogP contribution >= 0.6 is 11.9 Å². The van der Waals surface area contributed by atoms with E-state index in [0.29, 0.717) is 13.0 Å². The number of unbranched alkanes of at least 4 members (excludes halogenated alkanes) is 2. The summed E-state index contributed by atoms with van der Waals surface area (Å²) in [4.78, 5) is 13.7. The van der Waals surface area contributed by atoms with Crippen LogP contribution < -0.4 is 10.1 Å². The number of nitrogens with zero attached hydrogens (tertiary/aromatic N) is 1. The highest BCUT2D eigenvalue weighted by atomic mass is 32.2. The third-order valence-corrected chi connectivity index (χ3v) is 6.76. The molecule has 0 aromatic heterocycles. The molecule has 0 fully saturated rings. The smallest absolute Gasteiger partial charge is 0.249 e. The molecule has 0 radical (unpaired) electrons. The lowest BCUT2D eigenvalue weighted by Crippen LogP contribution is -2.52. The van der Waals surface area contributed by atoms with Crippen LogP contribution in [0.2, 0.25) is 0 Å². The highest BCUT2D eigenvalue weighted by Crippen LogP contribution is 2.26. The number of aliphatic hydroxyl groups excluding tert-OH is 2. The maximum absolute atomic E-state index is 12.6. The van der Waals surface area contributed by atoms with E-state index < -0.39 is 24.2 Å². The van der Waals surface area contributed by atoms with Gasteiger partial charge in [-0.2, -0.15) is 0 Å². The van der Waals surface area contributed by atoms with Crippen molar-refractivity contribution in [1.82, 2.24) is 9.62 Å². The second kappa shape index (κ2) is 15.0. The molecule has 0 saturated carbocycles. The summed E-state index contributed by atoms with van der Waals surface area (Å²) >= 11 is 1.60. The first-order valence-corrected chi connectivity index (χ1v) is 12.9. The molecule has 0 aliphatic heterocycles. The first kappa shape index (κ1) is 28.2. The normalized spacial score (nSPS) is 14.1. The monoisotopic (exact) mass is 488 g/mol. The average molecular weight is 489 g/mol. The SMILES string of the molecule is CCCCCN(CC(O)C(Cc1ccccc1)NC(=O)C(O)C(C)C)Sc1ccc(OC)cc1. The number of hydrogen-bond acceptors (Lipinski definition) is 6. The number of hydrogen-bond donors (Lipinski definition) is 3. The first-order valence-electron chi connectivity index (χ1n) is 12.1. The fourth-order valence-electron chi connectivity index (χ4n) is 3.56. The van der Waals surface area contributed by atoms with Gasteiger partial charge in [-0.15, -0.1) is 0 Å². The lowest BCUT2D eigenvalue weighted by molar-refractivity contribution is -0.133. The van der Waals surface area contributed by atoms with E-state index in [9.17, 15) is 15.0 Å². The Morgan fingerprint density at radius 3 is 2.32 bits per heavy atom. The number of methoxy groups -OCH3 is 1. The van der Waals surface area contributed by atoms with Crippen molar-refractivity contribution in [2.45, 2.75) is 69.6 Å². The third kappa shape index (κ3) is 9.66. The minimum atomic E-state index is -1.11. The van der Waals surface area contributed by atoms with Crippen LogP contribution in [0, 0.1) is 5.92 Å². The van der Waals surface area contributed by atoms with Crippen LogP contribution in [0.15, 0.2) is 59.5 Å². The second-order valence-corrected chi connectivity index (χ2v) is 10.1. The Balaban J connectivity index is 2.15. The minimum absolute atomic E-state index is 0.203. The molecule has 0 aliphatic carbocycles. The number of aliphatic hydroxyl groups is 2. The quantitative estimate of drug-likeness (QED) is 0.256. The molecule has 0 saturated heterocycles. The standard InChI is InChI=1S/C27H40N2O4S/c1-5-6-10-17-29(34-23-15-13-22(33-4)14-16-23)19-25(30)24(18-21-11-8-7-9-12-21)28-27(32)26(31)20(2)3/h7-9,11-16,20,24-26,30-31H,5-6,10,17-19H2,1-4H3,(H,28,32). The zero-order valence-electron chi connectivity index (χ0n) is 20.8.